The lowest BCUT2D eigenvalue weighted by Crippen LogP contribution is -2.36. The minimum absolute atomic E-state index is 0.520. The molecule has 0 bridgehead atoms. The Morgan fingerprint density at radius 2 is 2.05 bits per heavy atom. The largest absolute Gasteiger partial charge is 0.360 e. The van der Waals surface area contributed by atoms with Crippen molar-refractivity contribution in [3.8, 4) is 0 Å². The summed E-state index contributed by atoms with van der Waals surface area (Å²) in [5.74, 6) is 0.930. The Balaban J connectivity index is 1.49. The van der Waals surface area contributed by atoms with Crippen LogP contribution in [0.4, 0.5) is 0 Å². The standard InChI is InChI=1S/C17H19N3S/c1-2-9-15-14(8-1)19-17(20-15)21-11-13-6-3-5-12-7-4-10-18-16(12)13/h3-7,10,14-15H,1-2,8-9,11H2,(H,19,20)/t14-,15-/m1/s1. The molecule has 2 atom stereocenters. The summed E-state index contributed by atoms with van der Waals surface area (Å²) in [4.78, 5) is 9.38. The first-order chi connectivity index (χ1) is 10.4. The fourth-order valence-electron chi connectivity index (χ4n) is 3.29. The molecule has 1 saturated carbocycles. The summed E-state index contributed by atoms with van der Waals surface area (Å²) in [6, 6.07) is 11.6. The predicted octanol–water partition coefficient (Wildman–Crippen LogP) is 3.74. The lowest BCUT2D eigenvalue weighted by atomic mass is 9.92. The van der Waals surface area contributed by atoms with Crippen molar-refractivity contribution in [1.29, 1.82) is 0 Å². The third-order valence-electron chi connectivity index (χ3n) is 4.40. The molecule has 1 N–H and O–H groups in total. The lowest BCUT2D eigenvalue weighted by molar-refractivity contribution is 0.385. The highest BCUT2D eigenvalue weighted by atomic mass is 32.2. The van der Waals surface area contributed by atoms with Gasteiger partial charge in [0.05, 0.1) is 17.6 Å². The minimum Gasteiger partial charge on any atom is -0.360 e. The van der Waals surface area contributed by atoms with E-state index in [1.54, 1.807) is 0 Å². The second kappa shape index (κ2) is 5.68. The molecule has 4 rings (SSSR count). The summed E-state index contributed by atoms with van der Waals surface area (Å²) in [6.45, 7) is 0. The van der Waals surface area contributed by atoms with Crippen LogP contribution in [0.2, 0.25) is 0 Å². The molecule has 1 aromatic carbocycles. The Morgan fingerprint density at radius 1 is 1.14 bits per heavy atom. The second-order valence-corrected chi connectivity index (χ2v) is 6.78. The van der Waals surface area contributed by atoms with E-state index in [-0.39, 0.29) is 0 Å². The van der Waals surface area contributed by atoms with Gasteiger partial charge in [0.15, 0.2) is 5.17 Å². The molecule has 3 nitrogen and oxygen atoms in total. The molecular weight excluding hydrogens is 278 g/mol. The van der Waals surface area contributed by atoms with E-state index < -0.39 is 0 Å². The van der Waals surface area contributed by atoms with Crippen molar-refractivity contribution in [1.82, 2.24) is 10.3 Å². The summed E-state index contributed by atoms with van der Waals surface area (Å²) >= 11 is 1.82. The summed E-state index contributed by atoms with van der Waals surface area (Å²) in [5, 5.41) is 5.94. The van der Waals surface area contributed by atoms with Gasteiger partial charge in [-0.25, -0.2) is 0 Å². The van der Waals surface area contributed by atoms with Crippen molar-refractivity contribution in [2.24, 2.45) is 4.99 Å². The van der Waals surface area contributed by atoms with E-state index in [1.807, 2.05) is 24.0 Å². The van der Waals surface area contributed by atoms with Crippen molar-refractivity contribution < 1.29 is 0 Å². The van der Waals surface area contributed by atoms with Crippen LogP contribution in [-0.2, 0) is 5.75 Å². The maximum atomic E-state index is 4.85. The first kappa shape index (κ1) is 13.1. The van der Waals surface area contributed by atoms with Crippen LogP contribution in [0, 0.1) is 0 Å². The van der Waals surface area contributed by atoms with Crippen molar-refractivity contribution in [3.63, 3.8) is 0 Å². The highest BCUT2D eigenvalue weighted by Gasteiger charge is 2.30. The summed E-state index contributed by atoms with van der Waals surface area (Å²) in [6.07, 6.45) is 7.06. The predicted molar refractivity (Wildman–Crippen MR) is 89.7 cm³/mol. The second-order valence-electron chi connectivity index (χ2n) is 5.82. The minimum atomic E-state index is 0.520. The lowest BCUT2D eigenvalue weighted by Gasteiger charge is -2.23. The van der Waals surface area contributed by atoms with Gasteiger partial charge >= 0.3 is 0 Å². The number of amidine groups is 1. The maximum Gasteiger partial charge on any atom is 0.157 e. The van der Waals surface area contributed by atoms with Crippen LogP contribution in [0.1, 0.15) is 31.2 Å². The molecule has 2 heterocycles. The van der Waals surface area contributed by atoms with E-state index in [0.29, 0.717) is 12.1 Å². The Kier molecular flexibility index (Phi) is 3.55. The molecule has 2 aromatic rings. The molecule has 4 heteroatoms. The fourth-order valence-corrected chi connectivity index (χ4v) is 4.26. The fraction of sp³-hybridized carbons (Fsp3) is 0.412. The first-order valence-corrected chi connectivity index (χ1v) is 8.68. The zero-order chi connectivity index (χ0) is 14.1. The van der Waals surface area contributed by atoms with Gasteiger partial charge in [0.2, 0.25) is 0 Å². The molecule has 2 aliphatic rings. The number of hydrogen-bond acceptors (Lipinski definition) is 4. The number of aromatic nitrogens is 1. The van der Waals surface area contributed by atoms with E-state index in [2.05, 4.69) is 34.6 Å². The topological polar surface area (TPSA) is 37.3 Å². The maximum absolute atomic E-state index is 4.85. The van der Waals surface area contributed by atoms with E-state index in [0.717, 1.165) is 16.4 Å². The molecule has 0 unspecified atom stereocenters. The Bertz CT molecular complexity index is 677. The smallest absolute Gasteiger partial charge is 0.157 e. The molecule has 21 heavy (non-hydrogen) atoms. The van der Waals surface area contributed by atoms with Crippen LogP contribution >= 0.6 is 11.8 Å². The average molecular weight is 297 g/mol. The quantitative estimate of drug-likeness (QED) is 0.917. The normalized spacial score (nSPS) is 24.5. The molecule has 1 aliphatic heterocycles. The number of thioether (sulfide) groups is 1. The Hall–Kier alpha value is -1.55. The number of para-hydroxylation sites is 1. The zero-order valence-corrected chi connectivity index (χ0v) is 12.8. The van der Waals surface area contributed by atoms with Crippen molar-refractivity contribution in [3.05, 3.63) is 42.1 Å². The van der Waals surface area contributed by atoms with E-state index in [1.165, 1.54) is 36.6 Å². The number of nitrogens with zero attached hydrogens (tertiary/aromatic N) is 2. The Labute approximate surface area is 129 Å². The number of rotatable bonds is 2. The third kappa shape index (κ3) is 2.64. The number of fused-ring (bicyclic) bond motifs is 2. The van der Waals surface area contributed by atoms with E-state index in [4.69, 9.17) is 4.99 Å². The molecule has 108 valence electrons. The highest BCUT2D eigenvalue weighted by molar-refractivity contribution is 8.13. The van der Waals surface area contributed by atoms with Gasteiger partial charge < -0.3 is 5.32 Å². The number of aliphatic imine (C=N–C) groups is 1. The highest BCUT2D eigenvalue weighted by Crippen LogP contribution is 2.29. The van der Waals surface area contributed by atoms with Gasteiger partial charge in [0.25, 0.3) is 0 Å². The average Bonchev–Trinajstić information content (AvgIpc) is 2.96. The van der Waals surface area contributed by atoms with E-state index in [9.17, 15) is 0 Å². The van der Waals surface area contributed by atoms with Gasteiger partial charge in [-0.2, -0.15) is 0 Å². The van der Waals surface area contributed by atoms with Gasteiger partial charge in [-0.05, 0) is 24.5 Å². The monoisotopic (exact) mass is 297 g/mol. The van der Waals surface area contributed by atoms with Gasteiger partial charge in [0, 0.05) is 17.3 Å². The van der Waals surface area contributed by atoms with Crippen LogP contribution in [0.3, 0.4) is 0 Å². The van der Waals surface area contributed by atoms with Gasteiger partial charge in [-0.3, -0.25) is 9.98 Å². The van der Waals surface area contributed by atoms with Crippen molar-refractivity contribution in [2.75, 3.05) is 0 Å². The summed E-state index contributed by atoms with van der Waals surface area (Å²) in [7, 11) is 0. The summed E-state index contributed by atoms with van der Waals surface area (Å²) in [5.41, 5.74) is 2.40. The van der Waals surface area contributed by atoms with E-state index >= 15 is 0 Å². The van der Waals surface area contributed by atoms with Crippen LogP contribution in [0.15, 0.2) is 41.5 Å². The molecule has 1 aromatic heterocycles. The van der Waals surface area contributed by atoms with Crippen LogP contribution in [0.25, 0.3) is 10.9 Å². The molecular formula is C17H19N3S. The number of benzene rings is 1. The van der Waals surface area contributed by atoms with Gasteiger partial charge in [-0.1, -0.05) is 48.9 Å². The molecule has 0 radical (unpaired) electrons. The first-order valence-electron chi connectivity index (χ1n) is 7.70. The Morgan fingerprint density at radius 3 is 3.00 bits per heavy atom. The van der Waals surface area contributed by atoms with Gasteiger partial charge in [0.1, 0.15) is 0 Å². The van der Waals surface area contributed by atoms with Crippen LogP contribution < -0.4 is 5.32 Å². The molecule has 0 amide bonds. The molecule has 0 saturated heterocycles. The zero-order valence-electron chi connectivity index (χ0n) is 12.0. The van der Waals surface area contributed by atoms with Crippen molar-refractivity contribution >= 4 is 27.8 Å². The molecule has 0 spiro atoms. The number of hydrogen-bond donors (Lipinski definition) is 1. The summed E-state index contributed by atoms with van der Waals surface area (Å²) < 4.78 is 0. The molecule has 1 aliphatic carbocycles. The number of nitrogens with one attached hydrogen (secondary N) is 1. The molecule has 1 fully saturated rings. The SMILES string of the molecule is c1cnc2c(CSC3=N[C@@H]4CCCC[C@H]4N3)cccc2c1. The van der Waals surface area contributed by atoms with Crippen LogP contribution in [0.5, 0.6) is 0 Å². The number of pyridine rings is 1. The van der Waals surface area contributed by atoms with Crippen LogP contribution in [-0.4, -0.2) is 22.2 Å². The third-order valence-corrected chi connectivity index (χ3v) is 5.35. The van der Waals surface area contributed by atoms with Gasteiger partial charge in [-0.15, -0.1) is 0 Å². The van der Waals surface area contributed by atoms with Crippen molar-refractivity contribution in [2.45, 2.75) is 43.5 Å².